The quantitative estimate of drug-likeness (QED) is 0.603. The van der Waals surface area contributed by atoms with Crippen molar-refractivity contribution in [2.75, 3.05) is 6.61 Å². The number of aromatic nitrogens is 1. The molecule has 0 N–H and O–H groups in total. The molecule has 0 aliphatic rings. The minimum atomic E-state index is -0.0445. The Morgan fingerprint density at radius 3 is 2.29 bits per heavy atom. The second-order valence-corrected chi connectivity index (χ2v) is 5.46. The summed E-state index contributed by atoms with van der Waals surface area (Å²) >= 11 is 0. The first-order valence-corrected chi connectivity index (χ1v) is 8.02. The normalized spacial score (nSPS) is 12.3. The molecule has 0 aliphatic heterocycles. The first-order valence-electron chi connectivity index (χ1n) is 8.02. The third-order valence-corrected chi connectivity index (χ3v) is 3.65. The van der Waals surface area contributed by atoms with Crippen LogP contribution in [0.2, 0.25) is 0 Å². The number of pyridine rings is 1. The lowest BCUT2D eigenvalue weighted by Crippen LogP contribution is -2.07. The van der Waals surface area contributed by atoms with E-state index in [1.165, 1.54) is 0 Å². The van der Waals surface area contributed by atoms with E-state index in [1.54, 1.807) is 6.20 Å². The first-order chi connectivity index (χ1) is 11.9. The predicted octanol–water partition coefficient (Wildman–Crippen LogP) is 4.46. The molecule has 0 amide bonds. The van der Waals surface area contributed by atoms with Gasteiger partial charge in [-0.25, -0.2) is 0 Å². The zero-order chi connectivity index (χ0) is 16.5. The van der Waals surface area contributed by atoms with Crippen LogP contribution in [-0.2, 0) is 11.3 Å². The summed E-state index contributed by atoms with van der Waals surface area (Å²) in [5.74, 6) is 0. The van der Waals surface area contributed by atoms with Gasteiger partial charge in [0.1, 0.15) is 0 Å². The Bertz CT molecular complexity index is 743. The SMILES string of the molecule is C(=N[C@@H](COCc1ccccc1)c1ccccc1)c1ccccn1. The highest BCUT2D eigenvalue weighted by Gasteiger charge is 2.09. The van der Waals surface area contributed by atoms with Crippen molar-refractivity contribution in [2.24, 2.45) is 4.99 Å². The van der Waals surface area contributed by atoms with Crippen molar-refractivity contribution in [3.05, 3.63) is 102 Å². The average molecular weight is 316 g/mol. The van der Waals surface area contributed by atoms with Gasteiger partial charge >= 0.3 is 0 Å². The van der Waals surface area contributed by atoms with Gasteiger partial charge in [-0.05, 0) is 23.3 Å². The first kappa shape index (κ1) is 16.1. The monoisotopic (exact) mass is 316 g/mol. The van der Waals surface area contributed by atoms with Crippen molar-refractivity contribution in [1.82, 2.24) is 4.98 Å². The molecule has 0 aliphatic carbocycles. The molecular weight excluding hydrogens is 296 g/mol. The summed E-state index contributed by atoms with van der Waals surface area (Å²) in [6, 6.07) is 26.1. The van der Waals surface area contributed by atoms with Gasteiger partial charge in [-0.15, -0.1) is 0 Å². The number of hydrogen-bond donors (Lipinski definition) is 0. The maximum absolute atomic E-state index is 5.89. The largest absolute Gasteiger partial charge is 0.374 e. The smallest absolute Gasteiger partial charge is 0.0983 e. The molecule has 0 radical (unpaired) electrons. The van der Waals surface area contributed by atoms with Crippen LogP contribution in [0.3, 0.4) is 0 Å². The number of hydrogen-bond acceptors (Lipinski definition) is 3. The van der Waals surface area contributed by atoms with Gasteiger partial charge in [0.05, 0.1) is 24.9 Å². The minimum absolute atomic E-state index is 0.0445. The van der Waals surface area contributed by atoms with Crippen molar-refractivity contribution in [2.45, 2.75) is 12.6 Å². The van der Waals surface area contributed by atoms with E-state index in [0.29, 0.717) is 13.2 Å². The Hall–Kier alpha value is -2.78. The lowest BCUT2D eigenvalue weighted by atomic mass is 10.1. The van der Waals surface area contributed by atoms with Crippen LogP contribution in [0.4, 0.5) is 0 Å². The van der Waals surface area contributed by atoms with Gasteiger partial charge in [0.15, 0.2) is 0 Å². The minimum Gasteiger partial charge on any atom is -0.374 e. The van der Waals surface area contributed by atoms with Crippen LogP contribution in [0.5, 0.6) is 0 Å². The molecule has 1 atom stereocenters. The van der Waals surface area contributed by atoms with Crippen LogP contribution in [0.1, 0.15) is 22.9 Å². The third kappa shape index (κ3) is 4.86. The molecule has 0 spiro atoms. The molecule has 0 saturated heterocycles. The maximum Gasteiger partial charge on any atom is 0.0983 e. The summed E-state index contributed by atoms with van der Waals surface area (Å²) in [7, 11) is 0. The van der Waals surface area contributed by atoms with Crippen LogP contribution in [-0.4, -0.2) is 17.8 Å². The molecule has 0 bridgehead atoms. The maximum atomic E-state index is 5.89. The van der Waals surface area contributed by atoms with Gasteiger partial charge in [0, 0.05) is 12.4 Å². The van der Waals surface area contributed by atoms with E-state index in [0.717, 1.165) is 16.8 Å². The molecule has 0 unspecified atom stereocenters. The fraction of sp³-hybridized carbons (Fsp3) is 0.143. The van der Waals surface area contributed by atoms with Gasteiger partial charge in [0.2, 0.25) is 0 Å². The summed E-state index contributed by atoms with van der Waals surface area (Å²) in [4.78, 5) is 8.97. The fourth-order valence-corrected chi connectivity index (χ4v) is 2.38. The van der Waals surface area contributed by atoms with E-state index >= 15 is 0 Å². The van der Waals surface area contributed by atoms with Crippen molar-refractivity contribution in [3.63, 3.8) is 0 Å². The van der Waals surface area contributed by atoms with Crippen LogP contribution in [0.25, 0.3) is 0 Å². The Balaban J connectivity index is 1.67. The summed E-state index contributed by atoms with van der Waals surface area (Å²) in [5.41, 5.74) is 3.15. The molecule has 0 saturated carbocycles. The molecule has 0 fully saturated rings. The molecule has 1 heterocycles. The molecule has 3 rings (SSSR count). The van der Waals surface area contributed by atoms with E-state index in [-0.39, 0.29) is 6.04 Å². The van der Waals surface area contributed by atoms with Gasteiger partial charge in [-0.3, -0.25) is 9.98 Å². The van der Waals surface area contributed by atoms with E-state index in [9.17, 15) is 0 Å². The molecule has 24 heavy (non-hydrogen) atoms. The standard InChI is InChI=1S/C21H20N2O/c1-3-9-18(10-4-1)16-24-17-21(19-11-5-2-6-12-19)23-15-20-13-7-8-14-22-20/h1-15,21H,16-17H2/t21-/m0/s1. The number of benzene rings is 2. The Morgan fingerprint density at radius 2 is 1.58 bits per heavy atom. The Labute approximate surface area is 142 Å². The summed E-state index contributed by atoms with van der Waals surface area (Å²) < 4.78 is 5.89. The zero-order valence-electron chi connectivity index (χ0n) is 13.5. The lowest BCUT2D eigenvalue weighted by Gasteiger charge is -2.13. The van der Waals surface area contributed by atoms with Gasteiger partial charge in [0.25, 0.3) is 0 Å². The Morgan fingerprint density at radius 1 is 0.875 bits per heavy atom. The third-order valence-electron chi connectivity index (χ3n) is 3.65. The zero-order valence-corrected chi connectivity index (χ0v) is 13.5. The Kier molecular flexibility index (Phi) is 5.87. The number of rotatable bonds is 7. The van der Waals surface area contributed by atoms with Crippen LogP contribution in [0.15, 0.2) is 90.1 Å². The molecule has 3 aromatic rings. The number of nitrogens with zero attached hydrogens (tertiary/aromatic N) is 2. The van der Waals surface area contributed by atoms with E-state index in [2.05, 4.69) is 34.2 Å². The number of aliphatic imine (C=N–C) groups is 1. The highest BCUT2D eigenvalue weighted by molar-refractivity contribution is 5.76. The second-order valence-electron chi connectivity index (χ2n) is 5.46. The van der Waals surface area contributed by atoms with Gasteiger partial charge < -0.3 is 4.74 Å². The molecule has 120 valence electrons. The van der Waals surface area contributed by atoms with E-state index in [4.69, 9.17) is 4.74 Å². The highest BCUT2D eigenvalue weighted by atomic mass is 16.5. The topological polar surface area (TPSA) is 34.5 Å². The summed E-state index contributed by atoms with van der Waals surface area (Å²) in [6.45, 7) is 1.12. The van der Waals surface area contributed by atoms with E-state index in [1.807, 2.05) is 60.8 Å². The van der Waals surface area contributed by atoms with Gasteiger partial charge in [-0.2, -0.15) is 0 Å². The van der Waals surface area contributed by atoms with Crippen LogP contribution < -0.4 is 0 Å². The average Bonchev–Trinajstić information content (AvgIpc) is 2.67. The molecule has 3 heteroatoms. The van der Waals surface area contributed by atoms with Crippen molar-refractivity contribution >= 4 is 6.21 Å². The molecule has 1 aromatic heterocycles. The number of ether oxygens (including phenoxy) is 1. The molecular formula is C21H20N2O. The van der Waals surface area contributed by atoms with Crippen molar-refractivity contribution in [1.29, 1.82) is 0 Å². The van der Waals surface area contributed by atoms with E-state index < -0.39 is 0 Å². The lowest BCUT2D eigenvalue weighted by molar-refractivity contribution is 0.108. The van der Waals surface area contributed by atoms with Crippen LogP contribution in [0, 0.1) is 0 Å². The second kappa shape index (κ2) is 8.75. The fourth-order valence-electron chi connectivity index (χ4n) is 2.38. The summed E-state index contributed by atoms with van der Waals surface area (Å²) in [5, 5.41) is 0. The molecule has 2 aromatic carbocycles. The van der Waals surface area contributed by atoms with Crippen molar-refractivity contribution < 1.29 is 4.74 Å². The van der Waals surface area contributed by atoms with Crippen molar-refractivity contribution in [3.8, 4) is 0 Å². The summed E-state index contributed by atoms with van der Waals surface area (Å²) in [6.07, 6.45) is 3.58. The van der Waals surface area contributed by atoms with Gasteiger partial charge in [-0.1, -0.05) is 66.7 Å². The van der Waals surface area contributed by atoms with Crippen LogP contribution >= 0.6 is 0 Å². The predicted molar refractivity (Wildman–Crippen MR) is 97.1 cm³/mol. The highest BCUT2D eigenvalue weighted by Crippen LogP contribution is 2.18. The molecule has 3 nitrogen and oxygen atoms in total.